The number of hydrogen-bond donors (Lipinski definition) is 2. The van der Waals surface area contributed by atoms with Crippen molar-refractivity contribution in [2.24, 2.45) is 5.92 Å². The van der Waals surface area contributed by atoms with Crippen LogP contribution in [0, 0.1) is 5.92 Å². The van der Waals surface area contributed by atoms with Crippen LogP contribution >= 0.6 is 0 Å². The Morgan fingerprint density at radius 1 is 1.48 bits per heavy atom. The Labute approximate surface area is 121 Å². The van der Waals surface area contributed by atoms with Crippen LogP contribution in [-0.2, 0) is 6.54 Å². The maximum Gasteiger partial charge on any atom is 0.295 e. The van der Waals surface area contributed by atoms with Gasteiger partial charge in [0.05, 0.1) is 11.9 Å². The molecule has 0 aliphatic heterocycles. The van der Waals surface area contributed by atoms with Gasteiger partial charge < -0.3 is 5.32 Å². The number of aromatic nitrogens is 4. The average molecular weight is 288 g/mol. The van der Waals surface area contributed by atoms with Crippen molar-refractivity contribution in [3.8, 4) is 0 Å². The molecule has 2 aromatic rings. The number of hydroxylamine groups is 2. The van der Waals surface area contributed by atoms with E-state index in [1.165, 1.54) is 32.2 Å². The second kappa shape index (κ2) is 5.49. The van der Waals surface area contributed by atoms with Gasteiger partial charge in [-0.2, -0.15) is 0 Å². The van der Waals surface area contributed by atoms with E-state index in [1.807, 2.05) is 4.68 Å². The Morgan fingerprint density at radius 2 is 2.29 bits per heavy atom. The third kappa shape index (κ3) is 3.34. The number of amides is 1. The monoisotopic (exact) mass is 288 g/mol. The maximum atomic E-state index is 11.5. The number of nitrogens with one attached hydrogen (secondary N) is 1. The number of carbonyl (C=O) groups is 1. The van der Waals surface area contributed by atoms with Crippen LogP contribution in [0.3, 0.4) is 0 Å². The van der Waals surface area contributed by atoms with Crippen LogP contribution in [0.25, 0.3) is 0 Å². The zero-order valence-electron chi connectivity index (χ0n) is 11.6. The minimum Gasteiger partial charge on any atom is -0.322 e. The molecule has 8 heteroatoms. The van der Waals surface area contributed by atoms with Crippen LogP contribution in [-0.4, -0.2) is 43.0 Å². The summed E-state index contributed by atoms with van der Waals surface area (Å²) in [5, 5.41) is 16.9. The van der Waals surface area contributed by atoms with Crippen LogP contribution in [0.4, 0.5) is 11.6 Å². The maximum absolute atomic E-state index is 11.5. The molecule has 0 bridgehead atoms. The van der Waals surface area contributed by atoms with Crippen molar-refractivity contribution in [3.63, 3.8) is 0 Å². The minimum atomic E-state index is -0.562. The predicted octanol–water partition coefficient (Wildman–Crippen LogP) is 1.29. The predicted molar refractivity (Wildman–Crippen MR) is 74.1 cm³/mol. The number of pyridine rings is 1. The molecular formula is C13H16N6O2. The van der Waals surface area contributed by atoms with Gasteiger partial charge in [-0.05, 0) is 30.9 Å². The molecule has 1 aliphatic rings. The minimum absolute atomic E-state index is 0.165. The second-order valence-electron chi connectivity index (χ2n) is 5.12. The topological polar surface area (TPSA) is 96.2 Å². The first-order chi connectivity index (χ1) is 10.1. The summed E-state index contributed by atoms with van der Waals surface area (Å²) in [7, 11) is 1.26. The first kappa shape index (κ1) is 13.5. The van der Waals surface area contributed by atoms with Gasteiger partial charge in [-0.3, -0.25) is 14.7 Å². The zero-order chi connectivity index (χ0) is 14.8. The lowest BCUT2D eigenvalue weighted by molar-refractivity contribution is -0.0379. The molecule has 8 nitrogen and oxygen atoms in total. The highest BCUT2D eigenvalue weighted by Gasteiger charge is 2.22. The van der Waals surface area contributed by atoms with Crippen LogP contribution < -0.4 is 5.32 Å². The molecule has 0 unspecified atom stereocenters. The summed E-state index contributed by atoms with van der Waals surface area (Å²) in [5.41, 5.74) is 0.842. The quantitative estimate of drug-likeness (QED) is 0.635. The first-order valence-corrected chi connectivity index (χ1v) is 6.71. The highest BCUT2D eigenvalue weighted by Crippen LogP contribution is 2.30. The molecule has 0 atom stereocenters. The molecule has 0 spiro atoms. The van der Waals surface area contributed by atoms with E-state index in [4.69, 9.17) is 5.21 Å². The number of rotatable bonds is 5. The lowest BCUT2D eigenvalue weighted by Crippen LogP contribution is -2.23. The van der Waals surface area contributed by atoms with Crippen LogP contribution in [0.2, 0.25) is 0 Å². The Bertz CT molecular complexity index is 632. The molecule has 0 aromatic carbocycles. The van der Waals surface area contributed by atoms with Gasteiger partial charge in [-0.15, -0.1) is 5.10 Å². The van der Waals surface area contributed by atoms with Crippen LogP contribution in [0.1, 0.15) is 23.3 Å². The van der Waals surface area contributed by atoms with Crippen molar-refractivity contribution < 1.29 is 10.0 Å². The van der Waals surface area contributed by atoms with Crippen molar-refractivity contribution in [1.82, 2.24) is 24.8 Å². The lowest BCUT2D eigenvalue weighted by atomic mass is 10.3. The van der Waals surface area contributed by atoms with Crippen molar-refractivity contribution in [2.45, 2.75) is 19.4 Å². The van der Waals surface area contributed by atoms with E-state index in [2.05, 4.69) is 20.4 Å². The smallest absolute Gasteiger partial charge is 0.295 e. The van der Waals surface area contributed by atoms with E-state index in [0.717, 1.165) is 12.5 Å². The summed E-state index contributed by atoms with van der Waals surface area (Å²) in [6, 6.07) is 3.21. The molecular weight excluding hydrogens is 272 g/mol. The number of hydrogen-bond acceptors (Lipinski definition) is 6. The molecule has 2 heterocycles. The largest absolute Gasteiger partial charge is 0.322 e. The molecule has 2 aromatic heterocycles. The number of nitrogens with zero attached hydrogens (tertiary/aromatic N) is 5. The van der Waals surface area contributed by atoms with Crippen molar-refractivity contribution in [3.05, 3.63) is 30.4 Å². The van der Waals surface area contributed by atoms with E-state index >= 15 is 0 Å². The molecule has 1 saturated carbocycles. The van der Waals surface area contributed by atoms with Crippen LogP contribution in [0.15, 0.2) is 24.7 Å². The molecule has 0 radical (unpaired) electrons. The van der Waals surface area contributed by atoms with Gasteiger partial charge in [0.25, 0.3) is 5.91 Å². The second-order valence-corrected chi connectivity index (χ2v) is 5.12. The lowest BCUT2D eigenvalue weighted by Gasteiger charge is -2.07. The van der Waals surface area contributed by atoms with Gasteiger partial charge in [0.2, 0.25) is 5.95 Å². The molecule has 110 valence electrons. The van der Waals surface area contributed by atoms with Crippen molar-refractivity contribution in [1.29, 1.82) is 0 Å². The molecule has 2 N–H and O–H groups in total. The zero-order valence-corrected chi connectivity index (χ0v) is 11.6. The Kier molecular flexibility index (Phi) is 3.53. The average Bonchev–Trinajstić information content (AvgIpc) is 3.18. The fourth-order valence-electron chi connectivity index (χ4n) is 1.89. The molecule has 21 heavy (non-hydrogen) atoms. The summed E-state index contributed by atoms with van der Waals surface area (Å²) in [5.74, 6) is 0.672. The van der Waals surface area contributed by atoms with E-state index in [1.54, 1.807) is 12.4 Å². The molecule has 3 rings (SSSR count). The van der Waals surface area contributed by atoms with Crippen molar-refractivity contribution >= 4 is 17.5 Å². The van der Waals surface area contributed by atoms with E-state index in [9.17, 15) is 4.79 Å². The summed E-state index contributed by atoms with van der Waals surface area (Å²) in [6.07, 6.45) is 5.73. The highest BCUT2D eigenvalue weighted by atomic mass is 16.5. The van der Waals surface area contributed by atoms with Gasteiger partial charge in [-0.25, -0.2) is 15.0 Å². The van der Waals surface area contributed by atoms with Crippen LogP contribution in [0.5, 0.6) is 0 Å². The SMILES string of the molecule is CN(O)C(=O)c1ccc(Nc2ncn(CC3CC3)n2)cn1. The Hall–Kier alpha value is -2.48. The van der Waals surface area contributed by atoms with Gasteiger partial charge in [-0.1, -0.05) is 0 Å². The number of anilines is 2. The summed E-state index contributed by atoms with van der Waals surface area (Å²) < 4.78 is 1.83. The Morgan fingerprint density at radius 3 is 2.90 bits per heavy atom. The van der Waals surface area contributed by atoms with E-state index < -0.39 is 5.91 Å². The summed E-state index contributed by atoms with van der Waals surface area (Å²) in [4.78, 5) is 19.7. The van der Waals surface area contributed by atoms with Crippen molar-refractivity contribution in [2.75, 3.05) is 12.4 Å². The third-order valence-electron chi connectivity index (χ3n) is 3.21. The fraction of sp³-hybridized carbons (Fsp3) is 0.385. The molecule has 1 fully saturated rings. The van der Waals surface area contributed by atoms with Gasteiger partial charge >= 0.3 is 0 Å². The van der Waals surface area contributed by atoms with E-state index in [0.29, 0.717) is 16.7 Å². The Balaban J connectivity index is 1.64. The fourth-order valence-corrected chi connectivity index (χ4v) is 1.89. The summed E-state index contributed by atoms with van der Waals surface area (Å²) >= 11 is 0. The van der Waals surface area contributed by atoms with Gasteiger partial charge in [0.15, 0.2) is 0 Å². The highest BCUT2D eigenvalue weighted by molar-refractivity contribution is 5.91. The third-order valence-corrected chi connectivity index (χ3v) is 3.21. The van der Waals surface area contributed by atoms with E-state index in [-0.39, 0.29) is 5.69 Å². The molecule has 0 saturated heterocycles. The number of carbonyl (C=O) groups excluding carboxylic acids is 1. The summed E-state index contributed by atoms with van der Waals surface area (Å²) in [6.45, 7) is 0.906. The molecule has 1 aliphatic carbocycles. The normalized spacial score (nSPS) is 14.0. The molecule has 1 amide bonds. The van der Waals surface area contributed by atoms with Gasteiger partial charge in [0.1, 0.15) is 12.0 Å². The van der Waals surface area contributed by atoms with Gasteiger partial charge in [0, 0.05) is 13.6 Å². The standard InChI is InChI=1S/C13H16N6O2/c1-18(21)12(20)11-5-4-10(6-14-11)16-13-15-8-19(17-13)7-9-2-3-9/h4-6,8-9,21H,2-3,7H2,1H3,(H,16,17). The first-order valence-electron chi connectivity index (χ1n) is 6.71.